The molecule has 0 bridgehead atoms. The van der Waals surface area contributed by atoms with Crippen molar-refractivity contribution in [1.82, 2.24) is 9.97 Å². The van der Waals surface area contributed by atoms with Crippen molar-refractivity contribution >= 4 is 23.8 Å². The third kappa shape index (κ3) is 1.72. The van der Waals surface area contributed by atoms with Gasteiger partial charge in [-0.25, -0.2) is 4.98 Å². The van der Waals surface area contributed by atoms with E-state index in [9.17, 15) is 5.11 Å². The van der Waals surface area contributed by atoms with Crippen molar-refractivity contribution in [3.63, 3.8) is 0 Å². The van der Waals surface area contributed by atoms with E-state index >= 15 is 0 Å². The second-order valence-electron chi connectivity index (χ2n) is 3.63. The van der Waals surface area contributed by atoms with E-state index in [1.807, 2.05) is 0 Å². The lowest BCUT2D eigenvalue weighted by molar-refractivity contribution is -0.0219. The summed E-state index contributed by atoms with van der Waals surface area (Å²) in [6.45, 7) is 0. The number of H-pyrrole nitrogens is 1. The molecule has 86 valence electrons. The summed E-state index contributed by atoms with van der Waals surface area (Å²) >= 11 is 10.9. The lowest BCUT2D eigenvalue weighted by atomic mass is 10.0. The highest BCUT2D eigenvalue weighted by Gasteiger charge is 2.25. The number of hydrogen-bond donors (Lipinski definition) is 2. The smallest absolute Gasteiger partial charge is 0.227 e. The van der Waals surface area contributed by atoms with E-state index in [0.29, 0.717) is 26.8 Å². The van der Waals surface area contributed by atoms with Crippen molar-refractivity contribution in [3.8, 4) is 17.0 Å². The van der Waals surface area contributed by atoms with Crippen molar-refractivity contribution in [2.24, 2.45) is 0 Å². The molecular weight excluding hydrogens is 260 g/mol. The molecule has 2 heterocycles. The van der Waals surface area contributed by atoms with Crippen LogP contribution >= 0.6 is 23.8 Å². The van der Waals surface area contributed by atoms with Crippen LogP contribution in [0.3, 0.4) is 0 Å². The first-order valence-electron chi connectivity index (χ1n) is 4.89. The Bertz CT molecular complexity index is 656. The predicted molar refractivity (Wildman–Crippen MR) is 65.5 cm³/mol. The Morgan fingerprint density at radius 1 is 1.47 bits per heavy atom. The summed E-state index contributed by atoms with van der Waals surface area (Å²) in [5.74, 6) is 0.561. The van der Waals surface area contributed by atoms with E-state index in [4.69, 9.17) is 28.6 Å². The van der Waals surface area contributed by atoms with Gasteiger partial charge in [0.1, 0.15) is 5.75 Å². The summed E-state index contributed by atoms with van der Waals surface area (Å²) in [5.41, 5.74) is 2.01. The highest BCUT2D eigenvalue weighted by Crippen LogP contribution is 2.40. The van der Waals surface area contributed by atoms with Gasteiger partial charge in [0.2, 0.25) is 6.29 Å². The first kappa shape index (κ1) is 10.7. The lowest BCUT2D eigenvalue weighted by Crippen LogP contribution is -2.14. The van der Waals surface area contributed by atoms with Gasteiger partial charge >= 0.3 is 0 Å². The minimum atomic E-state index is -1.04. The van der Waals surface area contributed by atoms with Crippen molar-refractivity contribution in [2.75, 3.05) is 0 Å². The SMILES string of the molecule is OC1Oc2ccc(Cl)cc2-c2[nH]c(=S)ncc21. The second-order valence-corrected chi connectivity index (χ2v) is 4.45. The molecular formula is C11H7ClN2O2S. The zero-order chi connectivity index (χ0) is 12.0. The normalized spacial score (nSPS) is 16.9. The van der Waals surface area contributed by atoms with Crippen molar-refractivity contribution in [3.05, 3.63) is 39.8 Å². The fourth-order valence-corrected chi connectivity index (χ4v) is 2.13. The van der Waals surface area contributed by atoms with Gasteiger partial charge in [0.05, 0.1) is 11.3 Å². The number of aromatic nitrogens is 2. The Balaban J connectivity index is 2.34. The molecule has 1 atom stereocenters. The number of nitrogens with zero attached hydrogens (tertiary/aromatic N) is 1. The third-order valence-electron chi connectivity index (χ3n) is 2.56. The van der Waals surface area contributed by atoms with Crippen molar-refractivity contribution < 1.29 is 9.84 Å². The van der Waals surface area contributed by atoms with Gasteiger partial charge in [-0.15, -0.1) is 0 Å². The molecule has 0 spiro atoms. The number of rotatable bonds is 0. The number of aliphatic hydroxyl groups excluding tert-OH is 1. The standard InChI is InChI=1S/C11H7ClN2O2S/c12-5-1-2-8-6(3-5)9-7(10(15)16-8)4-13-11(17)14-9/h1-4,10,15H,(H,13,14,17). The molecule has 1 aromatic heterocycles. The lowest BCUT2D eigenvalue weighted by Gasteiger charge is -2.24. The molecule has 0 saturated heterocycles. The number of benzene rings is 1. The minimum absolute atomic E-state index is 0.351. The number of aliphatic hydroxyl groups is 1. The van der Waals surface area contributed by atoms with Crippen LogP contribution in [0.25, 0.3) is 11.3 Å². The molecule has 0 radical (unpaired) electrons. The Morgan fingerprint density at radius 3 is 3.12 bits per heavy atom. The molecule has 4 nitrogen and oxygen atoms in total. The maximum Gasteiger partial charge on any atom is 0.227 e. The number of ether oxygens (including phenoxy) is 1. The number of hydrogen-bond acceptors (Lipinski definition) is 4. The van der Waals surface area contributed by atoms with Gasteiger partial charge in [-0.3, -0.25) is 0 Å². The maximum atomic E-state index is 9.82. The number of fused-ring (bicyclic) bond motifs is 3. The zero-order valence-corrected chi connectivity index (χ0v) is 10.0. The molecule has 0 fully saturated rings. The Labute approximate surface area is 107 Å². The van der Waals surface area contributed by atoms with Crippen molar-refractivity contribution in [1.29, 1.82) is 0 Å². The fraction of sp³-hybridized carbons (Fsp3) is 0.0909. The van der Waals surface area contributed by atoms with Gasteiger partial charge in [-0.2, -0.15) is 0 Å². The van der Waals surface area contributed by atoms with Gasteiger partial charge < -0.3 is 14.8 Å². The van der Waals surface area contributed by atoms with Crippen LogP contribution in [0.1, 0.15) is 11.9 Å². The largest absolute Gasteiger partial charge is 0.460 e. The summed E-state index contributed by atoms with van der Waals surface area (Å²) in [6.07, 6.45) is 0.459. The summed E-state index contributed by atoms with van der Waals surface area (Å²) in [5, 5.41) is 10.4. The monoisotopic (exact) mass is 266 g/mol. The topological polar surface area (TPSA) is 58.1 Å². The van der Waals surface area contributed by atoms with Crippen LogP contribution in [0.15, 0.2) is 24.4 Å². The molecule has 1 aliphatic rings. The van der Waals surface area contributed by atoms with E-state index in [0.717, 1.165) is 5.56 Å². The molecule has 2 aromatic rings. The van der Waals surface area contributed by atoms with E-state index in [1.54, 1.807) is 18.2 Å². The zero-order valence-electron chi connectivity index (χ0n) is 8.48. The molecule has 1 aliphatic heterocycles. The number of nitrogens with one attached hydrogen (secondary N) is 1. The molecule has 0 saturated carbocycles. The first-order chi connectivity index (χ1) is 8.15. The van der Waals surface area contributed by atoms with E-state index < -0.39 is 6.29 Å². The summed E-state index contributed by atoms with van der Waals surface area (Å²) in [6, 6.07) is 5.17. The van der Waals surface area contributed by atoms with Crippen molar-refractivity contribution in [2.45, 2.75) is 6.29 Å². The quantitative estimate of drug-likeness (QED) is 0.720. The van der Waals surface area contributed by atoms with Gasteiger partial charge in [-0.05, 0) is 30.4 Å². The van der Waals surface area contributed by atoms with Gasteiger partial charge in [-0.1, -0.05) is 11.6 Å². The molecule has 17 heavy (non-hydrogen) atoms. The van der Waals surface area contributed by atoms with Crippen LogP contribution in [0.4, 0.5) is 0 Å². The molecule has 0 aliphatic carbocycles. The highest BCUT2D eigenvalue weighted by molar-refractivity contribution is 7.71. The molecule has 1 aromatic carbocycles. The van der Waals surface area contributed by atoms with Gasteiger partial charge in [0, 0.05) is 16.8 Å². The number of halogens is 1. The highest BCUT2D eigenvalue weighted by atomic mass is 35.5. The van der Waals surface area contributed by atoms with Crippen LogP contribution in [0.5, 0.6) is 5.75 Å². The van der Waals surface area contributed by atoms with Gasteiger partial charge in [0.25, 0.3) is 0 Å². The minimum Gasteiger partial charge on any atom is -0.460 e. The van der Waals surface area contributed by atoms with E-state index in [2.05, 4.69) is 9.97 Å². The van der Waals surface area contributed by atoms with Crippen LogP contribution in [0.2, 0.25) is 5.02 Å². The fourth-order valence-electron chi connectivity index (χ4n) is 1.80. The molecule has 2 N–H and O–H groups in total. The average molecular weight is 267 g/mol. The maximum absolute atomic E-state index is 9.82. The van der Waals surface area contributed by atoms with Crippen LogP contribution < -0.4 is 4.74 Å². The van der Waals surface area contributed by atoms with Crippen LogP contribution in [-0.2, 0) is 0 Å². The third-order valence-corrected chi connectivity index (χ3v) is 3.00. The van der Waals surface area contributed by atoms with Gasteiger partial charge in [0.15, 0.2) is 4.77 Å². The summed E-state index contributed by atoms with van der Waals surface area (Å²) in [7, 11) is 0. The Hall–Kier alpha value is -1.43. The number of aromatic amines is 1. The first-order valence-corrected chi connectivity index (χ1v) is 5.67. The predicted octanol–water partition coefficient (Wildman–Crippen LogP) is 2.84. The average Bonchev–Trinajstić information content (AvgIpc) is 2.30. The molecule has 6 heteroatoms. The Kier molecular flexibility index (Phi) is 2.39. The molecule has 1 unspecified atom stereocenters. The van der Waals surface area contributed by atoms with E-state index in [-0.39, 0.29) is 0 Å². The summed E-state index contributed by atoms with van der Waals surface area (Å²) in [4.78, 5) is 6.87. The van der Waals surface area contributed by atoms with E-state index in [1.165, 1.54) is 6.20 Å². The molecule has 3 rings (SSSR count). The summed E-state index contributed by atoms with van der Waals surface area (Å²) < 4.78 is 5.71. The van der Waals surface area contributed by atoms with Crippen LogP contribution in [-0.4, -0.2) is 15.1 Å². The second kappa shape index (κ2) is 3.80. The Morgan fingerprint density at radius 2 is 2.29 bits per heavy atom. The molecule has 0 amide bonds. The van der Waals surface area contributed by atoms with Crippen LogP contribution in [0, 0.1) is 4.77 Å².